The Hall–Kier alpha value is -6.43. The molecule has 1 aromatic carbocycles. The molecule has 73 heavy (non-hydrogen) atoms. The van der Waals surface area contributed by atoms with E-state index in [1.54, 1.807) is 31.2 Å². The molecule has 22 nitrogen and oxygen atoms in total. The van der Waals surface area contributed by atoms with Gasteiger partial charge in [0.1, 0.15) is 18.5 Å². The van der Waals surface area contributed by atoms with E-state index < -0.39 is 54.3 Å². The van der Waals surface area contributed by atoms with Gasteiger partial charge in [-0.2, -0.15) is 4.37 Å². The number of esters is 5. The van der Waals surface area contributed by atoms with Crippen LogP contribution in [0.4, 0.5) is 11.5 Å². The summed E-state index contributed by atoms with van der Waals surface area (Å²) in [6.45, 7) is 22.9. The summed E-state index contributed by atoms with van der Waals surface area (Å²) in [6, 6.07) is 4.78. The van der Waals surface area contributed by atoms with E-state index in [0.29, 0.717) is 83.9 Å². The first-order valence-corrected chi connectivity index (χ1v) is 25.3. The monoisotopic (exact) mass is 1040 g/mol. The average molecular weight is 1040 g/mol. The Kier molecular flexibility index (Phi) is 21.3. The fraction of sp³-hybridized carbons (Fsp3) is 0.580. The summed E-state index contributed by atoms with van der Waals surface area (Å²) in [4.78, 5) is 97.9. The molecule has 0 saturated carbocycles. The van der Waals surface area contributed by atoms with Gasteiger partial charge in [0, 0.05) is 73.7 Å². The number of H-pyrrole nitrogens is 1. The van der Waals surface area contributed by atoms with Gasteiger partial charge in [0.25, 0.3) is 17.7 Å². The Bertz CT molecular complexity index is 2460. The van der Waals surface area contributed by atoms with Gasteiger partial charge in [-0.3, -0.25) is 19.2 Å². The quantitative estimate of drug-likeness (QED) is 0.0283. The van der Waals surface area contributed by atoms with Crippen molar-refractivity contribution < 1.29 is 66.7 Å². The van der Waals surface area contributed by atoms with Crippen molar-refractivity contribution in [2.75, 3.05) is 75.9 Å². The molecule has 2 aliphatic rings. The van der Waals surface area contributed by atoms with Crippen LogP contribution in [0.15, 0.2) is 18.2 Å². The van der Waals surface area contributed by atoms with Crippen LogP contribution in [0, 0.1) is 13.8 Å². The number of aromatic nitrogens is 3. The SMILES string of the molecule is CCN(CC)CCNC(=O)c1c(C)[nH]c(/C=C2\C(=O)Nc3ccc(OC(=O)CCCCC(=O)OC(C)C(=O)OC(C)C(=O)OC(C)C(=O)OC(CNC(C)(C)C)COc4nsnc4N4CCOCC4)cc32)c1C. The van der Waals surface area contributed by atoms with Crippen LogP contribution in [0.1, 0.15) is 114 Å². The van der Waals surface area contributed by atoms with Gasteiger partial charge in [-0.15, -0.1) is 4.37 Å². The summed E-state index contributed by atoms with van der Waals surface area (Å²) in [6.07, 6.45) is -3.08. The number of nitrogens with one attached hydrogen (secondary N) is 4. The van der Waals surface area contributed by atoms with Crippen molar-refractivity contribution in [2.24, 2.45) is 0 Å². The lowest BCUT2D eigenvalue weighted by atomic mass is 10.0. The summed E-state index contributed by atoms with van der Waals surface area (Å²) < 4.78 is 46.9. The standard InChI is InChI=1S/C50H70N8O14S/c1-11-57(12-2)20-19-51-45(62)42-29(3)39(53-30(42)4)26-37-36-25-34(17-18-38(36)54-44(37)61)71-41(60)16-14-13-15-40(59)68-31(5)47(63)69-32(6)48(64)70-33(7)49(65)72-35(27-52-50(8,9)10)28-67-46-43(55-73-56-46)58-21-23-66-24-22-58/h17-18,25-26,31-33,35,52-53H,11-16,19-24,27-28H2,1-10H3,(H,51,62)(H,54,61)/b37-26-. The number of morpholine rings is 1. The third-order valence-electron chi connectivity index (χ3n) is 11.8. The van der Waals surface area contributed by atoms with E-state index >= 15 is 0 Å². The topological polar surface area (TPSA) is 268 Å². The Morgan fingerprint density at radius 3 is 2.16 bits per heavy atom. The minimum atomic E-state index is -1.47. The van der Waals surface area contributed by atoms with Gasteiger partial charge in [0.15, 0.2) is 18.3 Å². The molecule has 0 bridgehead atoms. The molecule has 0 spiro atoms. The zero-order valence-electron chi connectivity index (χ0n) is 43.4. The molecular formula is C50H70N8O14S. The number of aryl methyl sites for hydroxylation is 1. The first kappa shape index (κ1) is 57.5. The normalized spacial score (nSPS) is 15.7. The Morgan fingerprint density at radius 1 is 0.890 bits per heavy atom. The van der Waals surface area contributed by atoms with Crippen LogP contribution in [-0.2, 0) is 52.5 Å². The lowest BCUT2D eigenvalue weighted by Crippen LogP contribution is -2.45. The second-order valence-corrected chi connectivity index (χ2v) is 19.2. The highest BCUT2D eigenvalue weighted by Gasteiger charge is 2.32. The molecule has 400 valence electrons. The summed E-state index contributed by atoms with van der Waals surface area (Å²) in [5.74, 6) is -3.71. The molecule has 4 N–H and O–H groups in total. The van der Waals surface area contributed by atoms with Gasteiger partial charge >= 0.3 is 29.8 Å². The summed E-state index contributed by atoms with van der Waals surface area (Å²) >= 11 is 0.997. The molecule has 4 atom stereocenters. The van der Waals surface area contributed by atoms with E-state index in [9.17, 15) is 33.6 Å². The maximum atomic E-state index is 13.1. The molecule has 2 amide bonds. The number of ether oxygens (including phenoxy) is 7. The molecule has 1 saturated heterocycles. The van der Waals surface area contributed by atoms with Crippen LogP contribution in [-0.4, -0.2) is 156 Å². The second-order valence-electron chi connectivity index (χ2n) is 18.6. The number of benzene rings is 1. The number of anilines is 2. The van der Waals surface area contributed by atoms with E-state index in [1.807, 2.05) is 32.6 Å². The first-order valence-electron chi connectivity index (χ1n) is 24.6. The van der Waals surface area contributed by atoms with E-state index in [-0.39, 0.29) is 61.9 Å². The molecule has 4 heterocycles. The fourth-order valence-electron chi connectivity index (χ4n) is 7.62. The zero-order valence-corrected chi connectivity index (χ0v) is 44.2. The van der Waals surface area contributed by atoms with Gasteiger partial charge in [0.05, 0.1) is 36.1 Å². The number of amides is 2. The highest BCUT2D eigenvalue weighted by Crippen LogP contribution is 2.37. The third-order valence-corrected chi connectivity index (χ3v) is 12.3. The predicted molar refractivity (Wildman–Crippen MR) is 270 cm³/mol. The molecule has 4 unspecified atom stereocenters. The third kappa shape index (κ3) is 17.1. The van der Waals surface area contributed by atoms with Crippen LogP contribution in [0.25, 0.3) is 11.6 Å². The number of fused-ring (bicyclic) bond motifs is 1. The molecule has 0 radical (unpaired) electrons. The molecule has 2 aliphatic heterocycles. The fourth-order valence-corrected chi connectivity index (χ4v) is 8.14. The van der Waals surface area contributed by atoms with Gasteiger partial charge in [-0.1, -0.05) is 13.8 Å². The van der Waals surface area contributed by atoms with Crippen molar-refractivity contribution in [1.82, 2.24) is 29.3 Å². The molecule has 3 aromatic rings. The largest absolute Gasteiger partial charge is 0.470 e. The first-order chi connectivity index (χ1) is 34.7. The minimum absolute atomic E-state index is 0.0448. The number of likely N-dealkylation sites (N-methyl/N-ethyl adjacent to an activating group) is 1. The lowest BCUT2D eigenvalue weighted by Gasteiger charge is -2.28. The van der Waals surface area contributed by atoms with Crippen LogP contribution >= 0.6 is 11.7 Å². The van der Waals surface area contributed by atoms with Crippen molar-refractivity contribution in [3.63, 3.8) is 0 Å². The molecule has 5 rings (SSSR count). The van der Waals surface area contributed by atoms with E-state index in [2.05, 4.69) is 48.4 Å². The van der Waals surface area contributed by atoms with E-state index in [4.69, 9.17) is 33.2 Å². The summed E-state index contributed by atoms with van der Waals surface area (Å²) in [7, 11) is 0. The highest BCUT2D eigenvalue weighted by atomic mass is 32.1. The van der Waals surface area contributed by atoms with Crippen molar-refractivity contribution in [2.45, 2.75) is 125 Å². The number of aromatic amines is 1. The number of hydrogen-bond acceptors (Lipinski definition) is 20. The van der Waals surface area contributed by atoms with Crippen LogP contribution in [0.3, 0.4) is 0 Å². The van der Waals surface area contributed by atoms with Gasteiger partial charge < -0.3 is 63.9 Å². The molecule has 23 heteroatoms. The number of rotatable bonds is 26. The summed E-state index contributed by atoms with van der Waals surface area (Å²) in [5.41, 5.74) is 3.51. The maximum absolute atomic E-state index is 13.1. The smallest absolute Gasteiger partial charge is 0.347 e. The zero-order chi connectivity index (χ0) is 53.4. The number of carbonyl (C=O) groups excluding carboxylic acids is 7. The van der Waals surface area contributed by atoms with Gasteiger partial charge in [-0.05, 0) is 111 Å². The summed E-state index contributed by atoms with van der Waals surface area (Å²) in [5, 5.41) is 9.08. The predicted octanol–water partition coefficient (Wildman–Crippen LogP) is 4.52. The van der Waals surface area contributed by atoms with E-state index in [0.717, 1.165) is 31.4 Å². The Morgan fingerprint density at radius 2 is 1.52 bits per heavy atom. The highest BCUT2D eigenvalue weighted by molar-refractivity contribution is 6.99. The lowest BCUT2D eigenvalue weighted by molar-refractivity contribution is -0.183. The molecule has 2 aromatic heterocycles. The van der Waals surface area contributed by atoms with E-state index in [1.165, 1.54) is 20.8 Å². The molecular weight excluding hydrogens is 969 g/mol. The number of carbonyl (C=O) groups is 7. The Labute approximate surface area is 429 Å². The minimum Gasteiger partial charge on any atom is -0.470 e. The van der Waals surface area contributed by atoms with Crippen molar-refractivity contribution in [3.8, 4) is 11.6 Å². The van der Waals surface area contributed by atoms with Crippen molar-refractivity contribution in [1.29, 1.82) is 0 Å². The Balaban J connectivity index is 1.03. The maximum Gasteiger partial charge on any atom is 0.347 e. The molecule has 1 fully saturated rings. The number of hydrogen-bond donors (Lipinski definition) is 4. The van der Waals surface area contributed by atoms with Crippen LogP contribution < -0.4 is 30.3 Å². The van der Waals surface area contributed by atoms with Gasteiger partial charge in [-0.25, -0.2) is 14.4 Å². The number of nitrogens with zero attached hydrogens (tertiary/aromatic N) is 4. The van der Waals surface area contributed by atoms with Crippen molar-refractivity contribution in [3.05, 3.63) is 46.3 Å². The van der Waals surface area contributed by atoms with Crippen molar-refractivity contribution >= 4 is 76.5 Å². The second kappa shape index (κ2) is 27.0. The van der Waals surface area contributed by atoms with Crippen LogP contribution in [0.5, 0.6) is 11.6 Å². The molecule has 0 aliphatic carbocycles. The average Bonchev–Trinajstić information content (AvgIpc) is 4.03. The number of unbranched alkanes of at least 4 members (excludes halogenated alkanes) is 1. The van der Waals surface area contributed by atoms with Crippen LogP contribution in [0.2, 0.25) is 0 Å². The van der Waals surface area contributed by atoms with Gasteiger partial charge in [0.2, 0.25) is 5.82 Å².